The Hall–Kier alpha value is -2.52. The molecule has 0 aromatic carbocycles. The third-order valence-corrected chi connectivity index (χ3v) is 5.38. The number of alkyl carbamates (subject to hydrolysis) is 1. The smallest absolute Gasteiger partial charge is 0.407 e. The van der Waals surface area contributed by atoms with Crippen molar-refractivity contribution in [1.82, 2.24) is 19.8 Å². The third kappa shape index (κ3) is 4.32. The van der Waals surface area contributed by atoms with Gasteiger partial charge in [0.2, 0.25) is 0 Å². The SMILES string of the molecule is CC(C)(C)OC(=O)NC[C@H]1CN(CC2Cn3c(=O)ccc4ncc(F)c2c43)CCO1. The van der Waals surface area contributed by atoms with E-state index in [1.807, 2.05) is 20.8 Å². The molecule has 0 radical (unpaired) electrons. The van der Waals surface area contributed by atoms with E-state index in [0.717, 1.165) is 0 Å². The highest BCUT2D eigenvalue weighted by molar-refractivity contribution is 5.80. The van der Waals surface area contributed by atoms with Crippen molar-refractivity contribution in [3.63, 3.8) is 0 Å². The van der Waals surface area contributed by atoms with Gasteiger partial charge in [-0.15, -0.1) is 0 Å². The molecular weight excluding hydrogens is 391 g/mol. The van der Waals surface area contributed by atoms with Crippen molar-refractivity contribution in [2.45, 2.75) is 44.9 Å². The van der Waals surface area contributed by atoms with Gasteiger partial charge in [0.1, 0.15) is 11.4 Å². The molecule has 2 atom stereocenters. The summed E-state index contributed by atoms with van der Waals surface area (Å²) in [5.41, 5.74) is 1.10. The number of morpholine rings is 1. The molecular formula is C21H27FN4O4. The zero-order valence-electron chi connectivity index (χ0n) is 17.5. The summed E-state index contributed by atoms with van der Waals surface area (Å²) in [6.07, 6.45) is 0.577. The summed E-state index contributed by atoms with van der Waals surface area (Å²) in [6, 6.07) is 3.12. The molecule has 1 unspecified atom stereocenters. The molecule has 4 rings (SSSR count). The van der Waals surface area contributed by atoms with Gasteiger partial charge in [0.15, 0.2) is 0 Å². The molecule has 1 N–H and O–H groups in total. The lowest BCUT2D eigenvalue weighted by Gasteiger charge is -2.34. The lowest BCUT2D eigenvalue weighted by Crippen LogP contribution is -2.49. The van der Waals surface area contributed by atoms with Crippen LogP contribution in [0, 0.1) is 5.82 Å². The first-order chi connectivity index (χ1) is 14.2. The monoisotopic (exact) mass is 418 g/mol. The largest absolute Gasteiger partial charge is 0.444 e. The van der Waals surface area contributed by atoms with Gasteiger partial charge in [-0.2, -0.15) is 0 Å². The maximum Gasteiger partial charge on any atom is 0.407 e. The van der Waals surface area contributed by atoms with E-state index >= 15 is 0 Å². The normalized spacial score (nSPS) is 21.7. The zero-order chi connectivity index (χ0) is 21.5. The molecule has 0 aliphatic carbocycles. The summed E-state index contributed by atoms with van der Waals surface area (Å²) < 4.78 is 27.3. The van der Waals surface area contributed by atoms with E-state index in [4.69, 9.17) is 9.47 Å². The van der Waals surface area contributed by atoms with Crippen molar-refractivity contribution in [1.29, 1.82) is 0 Å². The highest BCUT2D eigenvalue weighted by Gasteiger charge is 2.32. The number of hydrogen-bond acceptors (Lipinski definition) is 6. The van der Waals surface area contributed by atoms with Crippen LogP contribution in [0.2, 0.25) is 0 Å². The summed E-state index contributed by atoms with van der Waals surface area (Å²) in [5, 5.41) is 2.74. The number of rotatable bonds is 4. The first kappa shape index (κ1) is 20.7. The predicted octanol–water partition coefficient (Wildman–Crippen LogP) is 1.86. The quantitative estimate of drug-likeness (QED) is 0.816. The van der Waals surface area contributed by atoms with Gasteiger partial charge in [0, 0.05) is 50.3 Å². The van der Waals surface area contributed by atoms with Crippen molar-refractivity contribution in [3.05, 3.63) is 40.1 Å². The second kappa shape index (κ2) is 7.96. The summed E-state index contributed by atoms with van der Waals surface area (Å²) in [4.78, 5) is 30.5. The minimum Gasteiger partial charge on any atom is -0.444 e. The maximum absolute atomic E-state index is 14.6. The van der Waals surface area contributed by atoms with Crippen molar-refractivity contribution < 1.29 is 18.7 Å². The second-order valence-corrected chi connectivity index (χ2v) is 8.87. The van der Waals surface area contributed by atoms with E-state index in [0.29, 0.717) is 55.9 Å². The lowest BCUT2D eigenvalue weighted by molar-refractivity contribution is -0.0304. The van der Waals surface area contributed by atoms with Crippen LogP contribution in [0.25, 0.3) is 11.0 Å². The molecule has 0 bridgehead atoms. The number of nitrogens with one attached hydrogen (secondary N) is 1. The Balaban J connectivity index is 1.41. The summed E-state index contributed by atoms with van der Waals surface area (Å²) in [6.45, 7) is 8.64. The predicted molar refractivity (Wildman–Crippen MR) is 109 cm³/mol. The fraction of sp³-hybridized carbons (Fsp3) is 0.571. The van der Waals surface area contributed by atoms with E-state index in [9.17, 15) is 14.0 Å². The van der Waals surface area contributed by atoms with Crippen LogP contribution in [0.5, 0.6) is 0 Å². The fourth-order valence-corrected chi connectivity index (χ4v) is 4.19. The van der Waals surface area contributed by atoms with E-state index < -0.39 is 11.7 Å². The van der Waals surface area contributed by atoms with Crippen molar-refractivity contribution in [2.24, 2.45) is 0 Å². The molecule has 2 aromatic heterocycles. The minimum atomic E-state index is -0.556. The lowest BCUT2D eigenvalue weighted by atomic mass is 10.00. The van der Waals surface area contributed by atoms with E-state index in [1.54, 1.807) is 10.6 Å². The van der Waals surface area contributed by atoms with Crippen LogP contribution in [-0.2, 0) is 16.0 Å². The molecule has 1 fully saturated rings. The number of pyridine rings is 2. The van der Waals surface area contributed by atoms with Crippen LogP contribution in [0.1, 0.15) is 32.3 Å². The molecule has 0 saturated carbocycles. The molecule has 8 nitrogen and oxygen atoms in total. The molecule has 9 heteroatoms. The van der Waals surface area contributed by atoms with E-state index in [1.165, 1.54) is 12.3 Å². The Morgan fingerprint density at radius 3 is 2.93 bits per heavy atom. The first-order valence-corrected chi connectivity index (χ1v) is 10.2. The van der Waals surface area contributed by atoms with Crippen LogP contribution >= 0.6 is 0 Å². The number of carbonyl (C=O) groups is 1. The van der Waals surface area contributed by atoms with Crippen LogP contribution in [0.15, 0.2) is 23.1 Å². The standard InChI is InChI=1S/C21H27FN4O4/c1-21(2,3)30-20(28)24-8-14-12-25(6-7-29-14)10-13-11-26-17(27)5-4-16-19(26)18(13)15(22)9-23-16/h4-5,9,13-14H,6-8,10-12H2,1-3H3,(H,24,28)/t13?,14-/m0/s1. The van der Waals surface area contributed by atoms with Gasteiger partial charge >= 0.3 is 6.09 Å². The Labute approximate surface area is 174 Å². The van der Waals surface area contributed by atoms with E-state index in [2.05, 4.69) is 15.2 Å². The molecule has 0 spiro atoms. The minimum absolute atomic E-state index is 0.136. The number of hydrogen-bond donors (Lipinski definition) is 1. The fourth-order valence-electron chi connectivity index (χ4n) is 4.19. The van der Waals surface area contributed by atoms with Crippen LogP contribution in [0.4, 0.5) is 9.18 Å². The van der Waals surface area contributed by atoms with Gasteiger partial charge in [0.05, 0.1) is 29.9 Å². The highest BCUT2D eigenvalue weighted by atomic mass is 19.1. The number of carbonyl (C=O) groups excluding carboxylic acids is 1. The van der Waals surface area contributed by atoms with Crippen LogP contribution in [0.3, 0.4) is 0 Å². The van der Waals surface area contributed by atoms with Gasteiger partial charge in [-0.25, -0.2) is 9.18 Å². The van der Waals surface area contributed by atoms with Crippen molar-refractivity contribution >= 4 is 17.1 Å². The van der Waals surface area contributed by atoms with Crippen molar-refractivity contribution in [2.75, 3.05) is 32.8 Å². The van der Waals surface area contributed by atoms with Crippen molar-refractivity contribution in [3.8, 4) is 0 Å². The molecule has 30 heavy (non-hydrogen) atoms. The van der Waals surface area contributed by atoms with Crippen LogP contribution in [-0.4, -0.2) is 65.0 Å². The molecule has 2 aromatic rings. The molecule has 162 valence electrons. The second-order valence-electron chi connectivity index (χ2n) is 8.87. The number of aromatic nitrogens is 2. The highest BCUT2D eigenvalue weighted by Crippen LogP contribution is 2.34. The molecule has 1 saturated heterocycles. The first-order valence-electron chi connectivity index (χ1n) is 10.2. The van der Waals surface area contributed by atoms with Gasteiger partial charge < -0.3 is 19.4 Å². The van der Waals surface area contributed by atoms with Gasteiger partial charge in [-0.05, 0) is 26.8 Å². The third-order valence-electron chi connectivity index (χ3n) is 5.38. The Kier molecular flexibility index (Phi) is 5.50. The number of halogens is 1. The van der Waals surface area contributed by atoms with E-state index in [-0.39, 0.29) is 23.4 Å². The number of ether oxygens (including phenoxy) is 2. The zero-order valence-corrected chi connectivity index (χ0v) is 17.5. The topological polar surface area (TPSA) is 85.7 Å². The Morgan fingerprint density at radius 2 is 2.17 bits per heavy atom. The molecule has 2 aliphatic rings. The Morgan fingerprint density at radius 1 is 1.37 bits per heavy atom. The summed E-state index contributed by atoms with van der Waals surface area (Å²) in [5.74, 6) is -0.510. The maximum atomic E-state index is 14.6. The average Bonchev–Trinajstić information content (AvgIpc) is 3.05. The Bertz CT molecular complexity index is 1020. The average molecular weight is 418 g/mol. The van der Waals surface area contributed by atoms with Crippen LogP contribution < -0.4 is 10.9 Å². The van der Waals surface area contributed by atoms with Gasteiger partial charge in [-0.3, -0.25) is 14.7 Å². The summed E-state index contributed by atoms with van der Waals surface area (Å²) in [7, 11) is 0. The summed E-state index contributed by atoms with van der Waals surface area (Å²) >= 11 is 0. The number of nitrogens with zero attached hydrogens (tertiary/aromatic N) is 3. The molecule has 1 amide bonds. The molecule has 4 heterocycles. The molecule has 2 aliphatic heterocycles. The van der Waals surface area contributed by atoms with Gasteiger partial charge in [-0.1, -0.05) is 0 Å². The van der Waals surface area contributed by atoms with Gasteiger partial charge in [0.25, 0.3) is 5.56 Å². The number of amides is 1.